The number of nitrogens with zero attached hydrogens (tertiary/aromatic N) is 1. The molecule has 0 spiro atoms. The Morgan fingerprint density at radius 1 is 0.968 bits per heavy atom. The number of rotatable bonds is 10. The molecule has 0 amide bonds. The topological polar surface area (TPSA) is 93.8 Å². The van der Waals surface area contributed by atoms with E-state index in [2.05, 4.69) is 0 Å². The van der Waals surface area contributed by atoms with Gasteiger partial charge in [-0.05, 0) is 41.5 Å². The molecule has 0 aliphatic carbocycles. The summed E-state index contributed by atoms with van der Waals surface area (Å²) >= 11 is 0. The van der Waals surface area contributed by atoms with Crippen LogP contribution in [0, 0.1) is 5.82 Å². The van der Waals surface area contributed by atoms with Crippen LogP contribution in [0.1, 0.15) is 74.9 Å². The van der Waals surface area contributed by atoms with E-state index in [0.29, 0.717) is 5.56 Å². The zero-order valence-electron chi connectivity index (χ0n) is 18.7. The summed E-state index contributed by atoms with van der Waals surface area (Å²) in [5, 5.41) is 39.4. The largest absolute Gasteiger partial charge is 0.396 e. The Hall–Kier alpha value is -2.12. The maximum atomic E-state index is 13.6. The molecule has 0 radical (unpaired) electrons. The van der Waals surface area contributed by atoms with Crippen molar-refractivity contribution in [3.05, 3.63) is 58.7 Å². The highest BCUT2D eigenvalue weighted by Crippen LogP contribution is 2.37. The number of benzene rings is 1. The lowest BCUT2D eigenvalue weighted by Crippen LogP contribution is -2.17. The van der Waals surface area contributed by atoms with Gasteiger partial charge in [-0.25, -0.2) is 4.39 Å². The highest BCUT2D eigenvalue weighted by Gasteiger charge is 2.22. The van der Waals surface area contributed by atoms with Crippen LogP contribution in [0.5, 0.6) is 0 Å². The smallest absolute Gasteiger partial charge is 0.123 e. The lowest BCUT2D eigenvalue weighted by atomic mass is 9.87. The Morgan fingerprint density at radius 2 is 1.58 bits per heavy atom. The average Bonchev–Trinajstić information content (AvgIpc) is 2.71. The lowest BCUT2D eigenvalue weighted by Gasteiger charge is -2.23. The summed E-state index contributed by atoms with van der Waals surface area (Å²) in [7, 11) is 0. The van der Waals surface area contributed by atoms with Crippen molar-refractivity contribution in [3.8, 4) is 11.1 Å². The van der Waals surface area contributed by atoms with Gasteiger partial charge in [0, 0.05) is 29.8 Å². The first kappa shape index (κ1) is 25.1. The first-order valence-electron chi connectivity index (χ1n) is 10.8. The lowest BCUT2D eigenvalue weighted by molar-refractivity contribution is 0.0827. The predicted molar refractivity (Wildman–Crippen MR) is 121 cm³/mol. The van der Waals surface area contributed by atoms with Crippen molar-refractivity contribution >= 4 is 6.08 Å². The first-order chi connectivity index (χ1) is 14.7. The van der Waals surface area contributed by atoms with E-state index in [4.69, 9.17) is 10.1 Å². The minimum atomic E-state index is -0.912. The van der Waals surface area contributed by atoms with Crippen LogP contribution in [0.3, 0.4) is 0 Å². The number of aliphatic hydroxyl groups is 4. The van der Waals surface area contributed by atoms with Gasteiger partial charge in [0.2, 0.25) is 0 Å². The Balaban J connectivity index is 2.68. The second-order valence-corrected chi connectivity index (χ2v) is 8.45. The third-order valence-electron chi connectivity index (χ3n) is 5.24. The van der Waals surface area contributed by atoms with Crippen molar-refractivity contribution in [1.82, 2.24) is 4.98 Å². The summed E-state index contributed by atoms with van der Waals surface area (Å²) in [6, 6.07) is 6.12. The number of hydrogen-bond donors (Lipinski definition) is 4. The summed E-state index contributed by atoms with van der Waals surface area (Å²) < 4.78 is 13.6. The molecule has 1 aromatic carbocycles. The van der Waals surface area contributed by atoms with Gasteiger partial charge in [0.1, 0.15) is 5.82 Å². The molecule has 6 heteroatoms. The van der Waals surface area contributed by atoms with Gasteiger partial charge < -0.3 is 20.4 Å². The Bertz CT molecular complexity index is 878. The van der Waals surface area contributed by atoms with Gasteiger partial charge in [0.05, 0.1) is 24.5 Å². The van der Waals surface area contributed by atoms with Crippen LogP contribution in [-0.2, 0) is 6.61 Å². The molecular weight excluding hydrogens is 397 g/mol. The van der Waals surface area contributed by atoms with Crippen LogP contribution in [0.4, 0.5) is 4.39 Å². The zero-order chi connectivity index (χ0) is 23.1. The number of aromatic nitrogens is 1. The zero-order valence-corrected chi connectivity index (χ0v) is 18.7. The van der Waals surface area contributed by atoms with E-state index in [1.165, 1.54) is 12.1 Å². The van der Waals surface area contributed by atoms with Crippen LogP contribution in [0.25, 0.3) is 17.2 Å². The van der Waals surface area contributed by atoms with Crippen molar-refractivity contribution in [2.24, 2.45) is 0 Å². The summed E-state index contributed by atoms with van der Waals surface area (Å²) in [4.78, 5) is 4.87. The van der Waals surface area contributed by atoms with Crippen LogP contribution >= 0.6 is 0 Å². The number of hydrogen-bond acceptors (Lipinski definition) is 5. The molecule has 0 aliphatic heterocycles. The van der Waals surface area contributed by atoms with E-state index in [-0.39, 0.29) is 43.7 Å². The average molecular weight is 432 g/mol. The molecule has 5 nitrogen and oxygen atoms in total. The van der Waals surface area contributed by atoms with E-state index >= 15 is 0 Å². The van der Waals surface area contributed by atoms with Crippen LogP contribution in [0.2, 0.25) is 0 Å². The maximum absolute atomic E-state index is 13.6. The number of halogens is 1. The normalized spacial score (nSPS) is 14.0. The van der Waals surface area contributed by atoms with Gasteiger partial charge in [-0.15, -0.1) is 0 Å². The van der Waals surface area contributed by atoms with Crippen molar-refractivity contribution in [2.45, 2.75) is 71.2 Å². The molecule has 170 valence electrons. The fourth-order valence-corrected chi connectivity index (χ4v) is 3.70. The molecule has 0 saturated heterocycles. The molecule has 1 aromatic heterocycles. The summed E-state index contributed by atoms with van der Waals surface area (Å²) in [6.45, 7) is 7.72. The van der Waals surface area contributed by atoms with E-state index in [1.807, 2.05) is 27.7 Å². The molecule has 1 heterocycles. The van der Waals surface area contributed by atoms with E-state index in [9.17, 15) is 19.7 Å². The Kier molecular flexibility index (Phi) is 9.32. The van der Waals surface area contributed by atoms with Gasteiger partial charge >= 0.3 is 0 Å². The molecule has 2 rings (SSSR count). The fraction of sp³-hybridized carbons (Fsp3) is 0.480. The molecule has 31 heavy (non-hydrogen) atoms. The minimum absolute atomic E-state index is 0.0706. The summed E-state index contributed by atoms with van der Waals surface area (Å²) in [5.41, 5.74) is 4.57. The Morgan fingerprint density at radius 3 is 2.10 bits per heavy atom. The quantitative estimate of drug-likeness (QED) is 0.454. The van der Waals surface area contributed by atoms with Crippen LogP contribution < -0.4 is 0 Å². The van der Waals surface area contributed by atoms with Crippen molar-refractivity contribution < 1.29 is 24.8 Å². The number of pyridine rings is 1. The van der Waals surface area contributed by atoms with E-state index < -0.39 is 12.2 Å². The van der Waals surface area contributed by atoms with E-state index in [1.54, 1.807) is 24.3 Å². The van der Waals surface area contributed by atoms with Gasteiger partial charge in [-0.1, -0.05) is 52.0 Å². The fourth-order valence-electron chi connectivity index (χ4n) is 3.70. The highest BCUT2D eigenvalue weighted by molar-refractivity contribution is 5.80. The molecule has 2 unspecified atom stereocenters. The minimum Gasteiger partial charge on any atom is -0.396 e. The maximum Gasteiger partial charge on any atom is 0.123 e. The number of aliphatic hydroxyl groups excluding tert-OH is 4. The van der Waals surface area contributed by atoms with Crippen molar-refractivity contribution in [1.29, 1.82) is 0 Å². The molecule has 2 atom stereocenters. The van der Waals surface area contributed by atoms with Gasteiger partial charge in [0.25, 0.3) is 0 Å². The van der Waals surface area contributed by atoms with Crippen LogP contribution in [0.15, 0.2) is 30.3 Å². The predicted octanol–water partition coefficient (Wildman–Crippen LogP) is 4.13. The second kappa shape index (κ2) is 11.5. The highest BCUT2D eigenvalue weighted by atomic mass is 19.1. The van der Waals surface area contributed by atoms with Gasteiger partial charge in [-0.2, -0.15) is 0 Å². The monoisotopic (exact) mass is 431 g/mol. The third kappa shape index (κ3) is 6.43. The Labute approximate surface area is 183 Å². The van der Waals surface area contributed by atoms with Gasteiger partial charge in [-0.3, -0.25) is 4.98 Å². The first-order valence-corrected chi connectivity index (χ1v) is 10.8. The van der Waals surface area contributed by atoms with Crippen LogP contribution in [-0.4, -0.2) is 44.2 Å². The molecule has 0 saturated carbocycles. The van der Waals surface area contributed by atoms with Crippen molar-refractivity contribution in [3.63, 3.8) is 0 Å². The third-order valence-corrected chi connectivity index (χ3v) is 5.24. The molecule has 4 N–H and O–H groups in total. The summed E-state index contributed by atoms with van der Waals surface area (Å²) in [5.74, 6) is -0.195. The van der Waals surface area contributed by atoms with Crippen molar-refractivity contribution in [2.75, 3.05) is 6.61 Å². The van der Waals surface area contributed by atoms with Gasteiger partial charge in [0.15, 0.2) is 0 Å². The molecule has 0 fully saturated rings. The summed E-state index contributed by atoms with van der Waals surface area (Å²) in [6.07, 6.45) is 1.94. The SMILES string of the molecule is CC(C)c1nc(C(C)C)c(CO)c(-c2ccc(F)cc2)c1C=CC(O)CC(O)CCO. The molecule has 0 aliphatic rings. The molecule has 0 bridgehead atoms. The molecule has 2 aromatic rings. The van der Waals surface area contributed by atoms with E-state index in [0.717, 1.165) is 28.1 Å². The standard InChI is InChI=1S/C25H34FNO4/c1-15(2)24-21(10-9-19(30)13-20(31)11-12-28)23(17-5-7-18(26)8-6-17)22(14-29)25(27-24)16(3)4/h5-10,15-16,19-20,28-31H,11-14H2,1-4H3. The molecular formula is C25H34FNO4. The second-order valence-electron chi connectivity index (χ2n) is 8.45.